The number of thiophene rings is 1. The normalized spacial score (nSPS) is 12.1. The van der Waals surface area contributed by atoms with Gasteiger partial charge in [-0.2, -0.15) is 0 Å². The molecule has 6 nitrogen and oxygen atoms in total. The van der Waals surface area contributed by atoms with Gasteiger partial charge in [-0.25, -0.2) is 9.78 Å². The Kier molecular flexibility index (Phi) is 6.49. The number of carboxylic acid groups (broad SMARTS) is 1. The van der Waals surface area contributed by atoms with E-state index in [9.17, 15) is 9.90 Å². The van der Waals surface area contributed by atoms with E-state index in [0.717, 1.165) is 27.5 Å². The summed E-state index contributed by atoms with van der Waals surface area (Å²) in [5.74, 6) is 1.08. The summed E-state index contributed by atoms with van der Waals surface area (Å²) in [4.78, 5) is 16.8. The zero-order valence-electron chi connectivity index (χ0n) is 16.1. The molecule has 0 saturated heterocycles. The van der Waals surface area contributed by atoms with E-state index in [1.807, 2.05) is 49.6 Å². The van der Waals surface area contributed by atoms with Gasteiger partial charge in [-0.15, -0.1) is 11.3 Å². The van der Waals surface area contributed by atoms with E-state index in [1.54, 1.807) is 18.3 Å². The minimum absolute atomic E-state index is 0.301. The molecule has 0 radical (unpaired) electrons. The summed E-state index contributed by atoms with van der Waals surface area (Å²) in [5, 5.41) is 11.2. The van der Waals surface area contributed by atoms with Gasteiger partial charge in [-0.05, 0) is 55.5 Å². The van der Waals surface area contributed by atoms with Crippen molar-refractivity contribution in [3.63, 3.8) is 0 Å². The van der Waals surface area contributed by atoms with E-state index < -0.39 is 12.1 Å². The van der Waals surface area contributed by atoms with E-state index in [0.29, 0.717) is 31.3 Å². The molecule has 0 aliphatic heterocycles. The SMILES string of the molecule is CCO[C@@H](Cc1ccc(OCc2nc(-c3sccc3C)oc2C)cc1)C(=O)O. The van der Waals surface area contributed by atoms with Crippen LogP contribution >= 0.6 is 11.3 Å². The third kappa shape index (κ3) is 4.79. The number of ether oxygens (including phenoxy) is 2. The van der Waals surface area contributed by atoms with Gasteiger partial charge in [-0.1, -0.05) is 12.1 Å². The van der Waals surface area contributed by atoms with Crippen LogP contribution in [0.5, 0.6) is 5.75 Å². The molecule has 0 aliphatic rings. The highest BCUT2D eigenvalue weighted by molar-refractivity contribution is 7.13. The molecular weight excluding hydrogens is 378 g/mol. The molecule has 3 aromatic rings. The minimum atomic E-state index is -0.958. The molecule has 2 heterocycles. The lowest BCUT2D eigenvalue weighted by Crippen LogP contribution is -2.26. The number of nitrogens with zero attached hydrogens (tertiary/aromatic N) is 1. The van der Waals surface area contributed by atoms with Crippen molar-refractivity contribution in [2.45, 2.75) is 39.9 Å². The van der Waals surface area contributed by atoms with Gasteiger partial charge in [0.25, 0.3) is 0 Å². The van der Waals surface area contributed by atoms with E-state index >= 15 is 0 Å². The maximum absolute atomic E-state index is 11.2. The van der Waals surface area contributed by atoms with Gasteiger partial charge in [0.15, 0.2) is 6.10 Å². The summed E-state index contributed by atoms with van der Waals surface area (Å²) in [5.41, 5.74) is 2.77. The van der Waals surface area contributed by atoms with Gasteiger partial charge in [-0.3, -0.25) is 0 Å². The number of aliphatic carboxylic acids is 1. The maximum atomic E-state index is 11.2. The van der Waals surface area contributed by atoms with Crippen LogP contribution in [-0.2, 0) is 22.6 Å². The number of aromatic nitrogens is 1. The van der Waals surface area contributed by atoms with Gasteiger partial charge in [0.2, 0.25) is 5.89 Å². The molecule has 3 rings (SSSR count). The van der Waals surface area contributed by atoms with E-state index in [1.165, 1.54) is 0 Å². The lowest BCUT2D eigenvalue weighted by molar-refractivity contribution is -0.149. The summed E-state index contributed by atoms with van der Waals surface area (Å²) in [6.45, 7) is 6.35. The molecule has 148 valence electrons. The zero-order chi connectivity index (χ0) is 20.1. The average molecular weight is 401 g/mol. The second-order valence-electron chi connectivity index (χ2n) is 6.37. The Hall–Kier alpha value is -2.64. The fourth-order valence-corrected chi connectivity index (χ4v) is 3.61. The van der Waals surface area contributed by atoms with Crippen molar-refractivity contribution in [1.82, 2.24) is 4.98 Å². The quantitative estimate of drug-likeness (QED) is 0.563. The third-order valence-electron chi connectivity index (χ3n) is 4.31. The van der Waals surface area contributed by atoms with Crippen LogP contribution < -0.4 is 4.74 Å². The second-order valence-corrected chi connectivity index (χ2v) is 7.29. The zero-order valence-corrected chi connectivity index (χ0v) is 16.9. The van der Waals surface area contributed by atoms with E-state index in [-0.39, 0.29) is 0 Å². The highest BCUT2D eigenvalue weighted by atomic mass is 32.1. The van der Waals surface area contributed by atoms with Gasteiger partial charge in [0.1, 0.15) is 23.8 Å². The summed E-state index contributed by atoms with van der Waals surface area (Å²) >= 11 is 1.60. The van der Waals surface area contributed by atoms with Gasteiger partial charge in [0, 0.05) is 13.0 Å². The highest BCUT2D eigenvalue weighted by Crippen LogP contribution is 2.30. The van der Waals surface area contributed by atoms with Crippen LogP contribution in [0, 0.1) is 13.8 Å². The lowest BCUT2D eigenvalue weighted by Gasteiger charge is -2.12. The first kappa shape index (κ1) is 20.1. The maximum Gasteiger partial charge on any atom is 0.333 e. The van der Waals surface area contributed by atoms with E-state index in [4.69, 9.17) is 13.9 Å². The second kappa shape index (κ2) is 9.03. The van der Waals surface area contributed by atoms with Crippen molar-refractivity contribution in [3.8, 4) is 16.5 Å². The standard InChI is InChI=1S/C21H23NO5S/c1-4-25-18(21(23)24)11-15-5-7-16(8-6-15)26-12-17-14(3)27-20(22-17)19-13(2)9-10-28-19/h5-10,18H,4,11-12H2,1-3H3,(H,23,24)/t18-/m0/s1. The summed E-state index contributed by atoms with van der Waals surface area (Å²) in [7, 11) is 0. The third-order valence-corrected chi connectivity index (χ3v) is 5.32. The molecular formula is C21H23NO5S. The summed E-state index contributed by atoms with van der Waals surface area (Å²) in [6.07, 6.45) is -0.524. The molecule has 0 aliphatic carbocycles. The van der Waals surface area contributed by atoms with Crippen LogP contribution in [0.3, 0.4) is 0 Å². The number of oxazole rings is 1. The Bertz CT molecular complexity index is 929. The molecule has 1 atom stereocenters. The molecule has 1 N–H and O–H groups in total. The molecule has 1 aromatic carbocycles. The Morgan fingerprint density at radius 2 is 2.00 bits per heavy atom. The molecule has 0 fully saturated rings. The van der Waals surface area contributed by atoms with Crippen LogP contribution in [0.25, 0.3) is 10.8 Å². The first-order chi connectivity index (χ1) is 13.5. The number of hydrogen-bond donors (Lipinski definition) is 1. The molecule has 28 heavy (non-hydrogen) atoms. The molecule has 0 spiro atoms. The Labute approximate surface area is 167 Å². The van der Waals surface area contributed by atoms with Gasteiger partial charge < -0.3 is 19.0 Å². The number of aryl methyl sites for hydroxylation is 2. The molecule has 0 bridgehead atoms. The van der Waals surface area contributed by atoms with Crippen molar-refractivity contribution in [2.75, 3.05) is 6.61 Å². The first-order valence-electron chi connectivity index (χ1n) is 9.04. The van der Waals surface area contributed by atoms with Crippen molar-refractivity contribution in [1.29, 1.82) is 0 Å². The average Bonchev–Trinajstić information content (AvgIpc) is 3.26. The highest BCUT2D eigenvalue weighted by Gasteiger charge is 2.18. The fraction of sp³-hybridized carbons (Fsp3) is 0.333. The van der Waals surface area contributed by atoms with Crippen molar-refractivity contribution in [3.05, 3.63) is 58.3 Å². The van der Waals surface area contributed by atoms with Crippen LogP contribution in [0.4, 0.5) is 0 Å². The first-order valence-corrected chi connectivity index (χ1v) is 9.92. The lowest BCUT2D eigenvalue weighted by atomic mass is 10.1. The van der Waals surface area contributed by atoms with Crippen LogP contribution in [0.15, 0.2) is 40.1 Å². The number of benzene rings is 1. The Balaban J connectivity index is 1.62. The van der Waals surface area contributed by atoms with Gasteiger partial charge >= 0.3 is 5.97 Å². The van der Waals surface area contributed by atoms with Crippen molar-refractivity contribution >= 4 is 17.3 Å². The topological polar surface area (TPSA) is 81.8 Å². The molecule has 2 aromatic heterocycles. The monoisotopic (exact) mass is 401 g/mol. The Morgan fingerprint density at radius 3 is 2.61 bits per heavy atom. The minimum Gasteiger partial charge on any atom is -0.487 e. The largest absolute Gasteiger partial charge is 0.487 e. The predicted molar refractivity (Wildman–Crippen MR) is 107 cm³/mol. The molecule has 7 heteroatoms. The number of carboxylic acids is 1. The molecule has 0 saturated carbocycles. The predicted octanol–water partition coefficient (Wildman–Crippen LogP) is 4.63. The van der Waals surface area contributed by atoms with Crippen LogP contribution in [-0.4, -0.2) is 28.8 Å². The van der Waals surface area contributed by atoms with Crippen molar-refractivity contribution < 1.29 is 23.8 Å². The van der Waals surface area contributed by atoms with E-state index in [2.05, 4.69) is 4.98 Å². The molecule has 0 unspecified atom stereocenters. The fourth-order valence-electron chi connectivity index (χ4n) is 2.76. The smallest absolute Gasteiger partial charge is 0.333 e. The van der Waals surface area contributed by atoms with Crippen LogP contribution in [0.1, 0.15) is 29.5 Å². The molecule has 0 amide bonds. The number of hydrogen-bond acceptors (Lipinski definition) is 6. The number of rotatable bonds is 9. The summed E-state index contributed by atoms with van der Waals surface area (Å²) in [6, 6.07) is 9.37. The summed E-state index contributed by atoms with van der Waals surface area (Å²) < 4.78 is 16.9. The van der Waals surface area contributed by atoms with Crippen molar-refractivity contribution in [2.24, 2.45) is 0 Å². The van der Waals surface area contributed by atoms with Gasteiger partial charge in [0.05, 0.1) is 4.88 Å². The Morgan fingerprint density at radius 1 is 1.25 bits per heavy atom. The van der Waals surface area contributed by atoms with Crippen LogP contribution in [0.2, 0.25) is 0 Å². The number of carbonyl (C=O) groups is 1.